The number of pyridine rings is 1. The van der Waals surface area contributed by atoms with Crippen molar-refractivity contribution in [3.05, 3.63) is 53.9 Å². The summed E-state index contributed by atoms with van der Waals surface area (Å²) in [6, 6.07) is 10.8. The molecule has 8 nitrogen and oxygen atoms in total. The number of hydrogen-bond donors (Lipinski definition) is 1. The van der Waals surface area contributed by atoms with Crippen LogP contribution in [0.1, 0.15) is 41.7 Å². The number of piperazine rings is 1. The van der Waals surface area contributed by atoms with Crippen molar-refractivity contribution in [3.8, 4) is 11.5 Å². The third-order valence-electron chi connectivity index (χ3n) is 6.88. The Morgan fingerprint density at radius 3 is 2.29 bits per heavy atom. The number of carbonyl (C=O) groups excluding carboxylic acids is 2. The Morgan fingerprint density at radius 1 is 1.03 bits per heavy atom. The summed E-state index contributed by atoms with van der Waals surface area (Å²) < 4.78 is 10.6. The molecule has 1 aliphatic carbocycles. The highest BCUT2D eigenvalue weighted by Gasteiger charge is 2.37. The second-order valence-corrected chi connectivity index (χ2v) is 8.96. The summed E-state index contributed by atoms with van der Waals surface area (Å²) in [6.45, 7) is 2.93. The van der Waals surface area contributed by atoms with Gasteiger partial charge in [-0.1, -0.05) is 18.9 Å². The van der Waals surface area contributed by atoms with Gasteiger partial charge < -0.3 is 19.7 Å². The van der Waals surface area contributed by atoms with E-state index >= 15 is 0 Å². The van der Waals surface area contributed by atoms with E-state index in [1.54, 1.807) is 38.6 Å². The van der Waals surface area contributed by atoms with Gasteiger partial charge in [0.25, 0.3) is 5.91 Å². The molecule has 1 N–H and O–H groups in total. The van der Waals surface area contributed by atoms with Crippen LogP contribution in [0.4, 0.5) is 0 Å². The number of nitrogens with zero attached hydrogens (tertiary/aromatic N) is 3. The predicted molar refractivity (Wildman–Crippen MR) is 129 cm³/mol. The third kappa shape index (κ3) is 5.67. The minimum absolute atomic E-state index is 0.0473. The fourth-order valence-electron chi connectivity index (χ4n) is 5.05. The summed E-state index contributed by atoms with van der Waals surface area (Å²) in [7, 11) is 3.15. The fourth-order valence-corrected chi connectivity index (χ4v) is 5.05. The van der Waals surface area contributed by atoms with E-state index < -0.39 is 0 Å². The highest BCUT2D eigenvalue weighted by molar-refractivity contribution is 5.95. The van der Waals surface area contributed by atoms with Crippen molar-refractivity contribution >= 4 is 11.8 Å². The summed E-state index contributed by atoms with van der Waals surface area (Å²) in [5.41, 5.74) is 1.40. The van der Waals surface area contributed by atoms with E-state index in [9.17, 15) is 9.59 Å². The molecule has 2 fully saturated rings. The number of amides is 2. The van der Waals surface area contributed by atoms with Crippen LogP contribution in [0.25, 0.3) is 0 Å². The molecule has 1 saturated carbocycles. The molecule has 0 radical (unpaired) electrons. The molecule has 8 heteroatoms. The van der Waals surface area contributed by atoms with Crippen molar-refractivity contribution in [1.29, 1.82) is 0 Å². The van der Waals surface area contributed by atoms with Crippen LogP contribution in [0.5, 0.6) is 11.5 Å². The zero-order valence-electron chi connectivity index (χ0n) is 20.0. The van der Waals surface area contributed by atoms with Gasteiger partial charge in [0.2, 0.25) is 5.91 Å². The zero-order valence-corrected chi connectivity index (χ0v) is 20.0. The van der Waals surface area contributed by atoms with E-state index in [0.717, 1.165) is 18.5 Å². The highest BCUT2D eigenvalue weighted by Crippen LogP contribution is 2.31. The first-order valence-electron chi connectivity index (χ1n) is 12.0. The van der Waals surface area contributed by atoms with Gasteiger partial charge in [0.05, 0.1) is 32.5 Å². The van der Waals surface area contributed by atoms with E-state index in [4.69, 9.17) is 9.47 Å². The number of nitrogens with one attached hydrogen (secondary N) is 1. The van der Waals surface area contributed by atoms with Gasteiger partial charge in [0.1, 0.15) is 11.5 Å². The largest absolute Gasteiger partial charge is 0.497 e. The Kier molecular flexibility index (Phi) is 8.00. The van der Waals surface area contributed by atoms with E-state index in [1.165, 1.54) is 12.8 Å². The van der Waals surface area contributed by atoms with Gasteiger partial charge in [-0.05, 0) is 43.0 Å². The maximum absolute atomic E-state index is 13.3. The number of methoxy groups -OCH3 is 2. The topological polar surface area (TPSA) is 84.0 Å². The molecule has 1 unspecified atom stereocenters. The standard InChI is InChI=1S/C26H34N4O4/c1-33-22-15-20(16-23(17-22)34-2)26(32)30-13-11-29(12-14-30)24(19-7-3-4-8-19)25(31)28-18-21-9-5-6-10-27-21/h5-6,9-10,15-17,19,24H,3-4,7-8,11-14,18H2,1-2H3,(H,28,31). The van der Waals surface area contributed by atoms with Crippen molar-refractivity contribution < 1.29 is 19.1 Å². The van der Waals surface area contributed by atoms with Gasteiger partial charge in [0.15, 0.2) is 0 Å². The van der Waals surface area contributed by atoms with Gasteiger partial charge in [-0.2, -0.15) is 0 Å². The summed E-state index contributed by atoms with van der Waals surface area (Å²) in [4.78, 5) is 34.9. The number of rotatable bonds is 8. The molecular formula is C26H34N4O4. The summed E-state index contributed by atoms with van der Waals surface area (Å²) >= 11 is 0. The Labute approximate surface area is 201 Å². The molecule has 1 aromatic heterocycles. The number of aromatic nitrogens is 1. The van der Waals surface area contributed by atoms with Gasteiger partial charge in [-0.25, -0.2) is 0 Å². The average molecular weight is 467 g/mol. The maximum atomic E-state index is 13.3. The molecule has 182 valence electrons. The van der Waals surface area contributed by atoms with Gasteiger partial charge in [-0.15, -0.1) is 0 Å². The normalized spacial score (nSPS) is 17.9. The number of carbonyl (C=O) groups is 2. The summed E-state index contributed by atoms with van der Waals surface area (Å²) in [5.74, 6) is 1.55. The Balaban J connectivity index is 1.40. The second-order valence-electron chi connectivity index (χ2n) is 8.96. The van der Waals surface area contributed by atoms with Crippen LogP contribution in [0.3, 0.4) is 0 Å². The van der Waals surface area contributed by atoms with E-state index in [2.05, 4.69) is 15.2 Å². The molecule has 0 spiro atoms. The van der Waals surface area contributed by atoms with Crippen LogP contribution < -0.4 is 14.8 Å². The molecule has 4 rings (SSSR count). The van der Waals surface area contributed by atoms with E-state index in [1.807, 2.05) is 23.1 Å². The molecule has 1 atom stereocenters. The van der Waals surface area contributed by atoms with E-state index in [-0.39, 0.29) is 17.9 Å². The van der Waals surface area contributed by atoms with Gasteiger partial charge in [-0.3, -0.25) is 19.5 Å². The minimum atomic E-state index is -0.166. The molecule has 2 amide bonds. The van der Waals surface area contributed by atoms with Crippen LogP contribution in [0.2, 0.25) is 0 Å². The Bertz CT molecular complexity index is 948. The van der Waals surface area contributed by atoms with Crippen LogP contribution in [0, 0.1) is 5.92 Å². The quantitative estimate of drug-likeness (QED) is 0.644. The summed E-state index contributed by atoms with van der Waals surface area (Å²) in [5, 5.41) is 3.11. The molecule has 2 aromatic rings. The smallest absolute Gasteiger partial charge is 0.254 e. The molecule has 1 aliphatic heterocycles. The van der Waals surface area contributed by atoms with Gasteiger partial charge in [0, 0.05) is 44.0 Å². The van der Waals surface area contributed by atoms with Crippen molar-refractivity contribution in [3.63, 3.8) is 0 Å². The average Bonchev–Trinajstić information content (AvgIpc) is 3.42. The SMILES string of the molecule is COc1cc(OC)cc(C(=O)N2CCN(C(C(=O)NCc3ccccn3)C3CCCC3)CC2)c1. The van der Waals surface area contributed by atoms with Crippen molar-refractivity contribution in [2.24, 2.45) is 5.92 Å². The number of ether oxygens (including phenoxy) is 2. The minimum Gasteiger partial charge on any atom is -0.497 e. The monoisotopic (exact) mass is 466 g/mol. The lowest BCUT2D eigenvalue weighted by atomic mass is 9.95. The first-order chi connectivity index (χ1) is 16.6. The Hall–Kier alpha value is -3.13. The lowest BCUT2D eigenvalue weighted by Gasteiger charge is -2.40. The lowest BCUT2D eigenvalue weighted by Crippen LogP contribution is -2.57. The van der Waals surface area contributed by atoms with Crippen molar-refractivity contribution in [2.45, 2.75) is 38.3 Å². The number of benzene rings is 1. The third-order valence-corrected chi connectivity index (χ3v) is 6.88. The van der Waals surface area contributed by atoms with Crippen LogP contribution >= 0.6 is 0 Å². The first-order valence-corrected chi connectivity index (χ1v) is 12.0. The first kappa shape index (κ1) is 24.0. The molecule has 1 saturated heterocycles. The fraction of sp³-hybridized carbons (Fsp3) is 0.500. The highest BCUT2D eigenvalue weighted by atomic mass is 16.5. The molecular weight excluding hydrogens is 432 g/mol. The molecule has 2 aliphatic rings. The second kappa shape index (κ2) is 11.3. The molecule has 2 heterocycles. The van der Waals surface area contributed by atoms with Gasteiger partial charge >= 0.3 is 0 Å². The van der Waals surface area contributed by atoms with Crippen LogP contribution in [-0.4, -0.2) is 73.0 Å². The van der Waals surface area contributed by atoms with Crippen LogP contribution in [-0.2, 0) is 11.3 Å². The van der Waals surface area contributed by atoms with Crippen LogP contribution in [0.15, 0.2) is 42.6 Å². The Morgan fingerprint density at radius 2 is 1.71 bits per heavy atom. The maximum Gasteiger partial charge on any atom is 0.254 e. The van der Waals surface area contributed by atoms with E-state index in [0.29, 0.717) is 55.7 Å². The molecule has 1 aromatic carbocycles. The van der Waals surface area contributed by atoms with Crippen molar-refractivity contribution in [2.75, 3.05) is 40.4 Å². The molecule has 34 heavy (non-hydrogen) atoms. The summed E-state index contributed by atoms with van der Waals surface area (Å²) in [6.07, 6.45) is 6.23. The lowest BCUT2D eigenvalue weighted by molar-refractivity contribution is -0.129. The molecule has 0 bridgehead atoms. The predicted octanol–water partition coefficient (Wildman–Crippen LogP) is 2.73. The number of hydrogen-bond acceptors (Lipinski definition) is 6. The zero-order chi connectivity index (χ0) is 23.9. The van der Waals surface area contributed by atoms with Crippen molar-refractivity contribution in [1.82, 2.24) is 20.1 Å².